The van der Waals surface area contributed by atoms with Gasteiger partial charge in [0, 0.05) is 26.1 Å². The minimum absolute atomic E-state index is 0.0397. The van der Waals surface area contributed by atoms with Crippen molar-refractivity contribution in [2.45, 2.75) is 12.8 Å². The summed E-state index contributed by atoms with van der Waals surface area (Å²) in [5.41, 5.74) is 2.35. The molecule has 0 saturated heterocycles. The molecule has 2 aromatic carbocycles. The van der Waals surface area contributed by atoms with Gasteiger partial charge in [-0.1, -0.05) is 30.3 Å². The number of amides is 3. The number of hydrogen-bond acceptors (Lipinski definition) is 5. The summed E-state index contributed by atoms with van der Waals surface area (Å²) in [6.07, 6.45) is 0.583. The van der Waals surface area contributed by atoms with Crippen molar-refractivity contribution in [2.75, 3.05) is 29.7 Å². The average molecular weight is 427 g/mol. The minimum Gasteiger partial charge on any atom is -0.355 e. The van der Waals surface area contributed by atoms with Crippen LogP contribution < -0.4 is 9.62 Å². The number of sulfonamides is 1. The van der Waals surface area contributed by atoms with Gasteiger partial charge in [-0.3, -0.25) is 23.6 Å². The van der Waals surface area contributed by atoms with E-state index >= 15 is 0 Å². The van der Waals surface area contributed by atoms with Gasteiger partial charge in [-0.2, -0.15) is 0 Å². The summed E-state index contributed by atoms with van der Waals surface area (Å²) in [7, 11) is -3.55. The zero-order valence-electron chi connectivity index (χ0n) is 16.2. The summed E-state index contributed by atoms with van der Waals surface area (Å²) < 4.78 is 26.6. The van der Waals surface area contributed by atoms with Crippen LogP contribution in [0.15, 0.2) is 48.5 Å². The second-order valence-electron chi connectivity index (χ2n) is 7.17. The molecular formula is C21H21N3O5S. The predicted octanol–water partition coefficient (Wildman–Crippen LogP) is 1.18. The molecule has 0 saturated carbocycles. The van der Waals surface area contributed by atoms with E-state index in [9.17, 15) is 22.8 Å². The number of para-hydroxylation sites is 1. The highest BCUT2D eigenvalue weighted by Crippen LogP contribution is 2.29. The fourth-order valence-electron chi connectivity index (χ4n) is 3.77. The van der Waals surface area contributed by atoms with Gasteiger partial charge in [0.2, 0.25) is 15.9 Å². The summed E-state index contributed by atoms with van der Waals surface area (Å²) in [5.74, 6) is -1.47. The predicted molar refractivity (Wildman–Crippen MR) is 111 cm³/mol. The van der Waals surface area contributed by atoms with Crippen LogP contribution in [-0.2, 0) is 21.2 Å². The number of hydrogen-bond donors (Lipinski definition) is 1. The molecular weight excluding hydrogens is 406 g/mol. The Hall–Kier alpha value is -3.20. The Morgan fingerprint density at radius 2 is 1.60 bits per heavy atom. The van der Waals surface area contributed by atoms with E-state index in [2.05, 4.69) is 5.32 Å². The highest BCUT2D eigenvalue weighted by Gasteiger charge is 2.35. The van der Waals surface area contributed by atoms with E-state index in [1.165, 1.54) is 4.31 Å². The first kappa shape index (κ1) is 20.1. The van der Waals surface area contributed by atoms with Crippen molar-refractivity contribution in [1.29, 1.82) is 0 Å². The van der Waals surface area contributed by atoms with Crippen LogP contribution in [0.2, 0.25) is 0 Å². The number of carbonyl (C=O) groups is 3. The van der Waals surface area contributed by atoms with Crippen molar-refractivity contribution in [3.8, 4) is 0 Å². The lowest BCUT2D eigenvalue weighted by Gasteiger charge is -2.19. The summed E-state index contributed by atoms with van der Waals surface area (Å²) in [6, 6.07) is 13.9. The number of fused-ring (bicyclic) bond motifs is 2. The third kappa shape index (κ3) is 3.68. The Morgan fingerprint density at radius 3 is 2.30 bits per heavy atom. The normalized spacial score (nSPS) is 15.3. The second-order valence-corrected chi connectivity index (χ2v) is 9.19. The van der Waals surface area contributed by atoms with Crippen LogP contribution in [0.3, 0.4) is 0 Å². The highest BCUT2D eigenvalue weighted by atomic mass is 32.2. The highest BCUT2D eigenvalue weighted by molar-refractivity contribution is 7.92. The fraction of sp³-hybridized carbons (Fsp3) is 0.286. The number of nitrogens with one attached hydrogen (secondary N) is 1. The van der Waals surface area contributed by atoms with E-state index in [1.807, 2.05) is 12.1 Å². The Kier molecular flexibility index (Phi) is 5.29. The molecule has 0 aromatic heterocycles. The van der Waals surface area contributed by atoms with Gasteiger partial charge >= 0.3 is 0 Å². The lowest BCUT2D eigenvalue weighted by molar-refractivity contribution is -0.121. The largest absolute Gasteiger partial charge is 0.355 e. The molecule has 3 amide bonds. The van der Waals surface area contributed by atoms with Crippen molar-refractivity contribution in [3.05, 3.63) is 65.2 Å². The van der Waals surface area contributed by atoms with Gasteiger partial charge in [-0.05, 0) is 30.2 Å². The zero-order chi connectivity index (χ0) is 21.3. The number of imide groups is 1. The third-order valence-electron chi connectivity index (χ3n) is 5.30. The van der Waals surface area contributed by atoms with Gasteiger partial charge in [0.1, 0.15) is 0 Å². The molecule has 0 spiro atoms. The van der Waals surface area contributed by atoms with Crippen LogP contribution >= 0.6 is 0 Å². The van der Waals surface area contributed by atoms with Crippen LogP contribution in [0.5, 0.6) is 0 Å². The van der Waals surface area contributed by atoms with E-state index in [4.69, 9.17) is 0 Å². The van der Waals surface area contributed by atoms with Crippen LogP contribution in [0.1, 0.15) is 32.7 Å². The molecule has 4 rings (SSSR count). The topological polar surface area (TPSA) is 104 Å². The van der Waals surface area contributed by atoms with Gasteiger partial charge < -0.3 is 5.32 Å². The van der Waals surface area contributed by atoms with Crippen LogP contribution in [0, 0.1) is 0 Å². The van der Waals surface area contributed by atoms with Crippen molar-refractivity contribution in [3.63, 3.8) is 0 Å². The Balaban J connectivity index is 1.27. The van der Waals surface area contributed by atoms with E-state index in [-0.39, 0.29) is 25.3 Å². The maximum Gasteiger partial charge on any atom is 0.261 e. The van der Waals surface area contributed by atoms with Gasteiger partial charge in [0.15, 0.2) is 0 Å². The van der Waals surface area contributed by atoms with Crippen molar-refractivity contribution in [2.24, 2.45) is 0 Å². The van der Waals surface area contributed by atoms with Crippen LogP contribution in [-0.4, -0.2) is 56.4 Å². The molecule has 156 valence electrons. The number of carbonyl (C=O) groups excluding carboxylic acids is 3. The SMILES string of the molecule is O=C(CCN1C(=O)c2ccccc2C1=O)NCCS(=O)(=O)N1CCc2ccccc21. The Morgan fingerprint density at radius 1 is 0.967 bits per heavy atom. The van der Waals surface area contributed by atoms with Gasteiger partial charge in [-0.25, -0.2) is 8.42 Å². The summed E-state index contributed by atoms with van der Waals surface area (Å²) in [6.45, 7) is 0.307. The smallest absolute Gasteiger partial charge is 0.261 e. The molecule has 2 aromatic rings. The van der Waals surface area contributed by atoms with Crippen molar-refractivity contribution >= 4 is 33.4 Å². The van der Waals surface area contributed by atoms with Crippen molar-refractivity contribution < 1.29 is 22.8 Å². The average Bonchev–Trinajstić information content (AvgIpc) is 3.27. The summed E-state index contributed by atoms with van der Waals surface area (Å²) in [4.78, 5) is 37.8. The summed E-state index contributed by atoms with van der Waals surface area (Å²) >= 11 is 0. The van der Waals surface area contributed by atoms with Gasteiger partial charge in [-0.15, -0.1) is 0 Å². The molecule has 30 heavy (non-hydrogen) atoms. The van der Waals surface area contributed by atoms with E-state index in [0.717, 1.165) is 10.5 Å². The second kappa shape index (κ2) is 7.91. The molecule has 8 nitrogen and oxygen atoms in total. The van der Waals surface area contributed by atoms with Crippen LogP contribution in [0.4, 0.5) is 5.69 Å². The Labute approximate surface area is 174 Å². The fourth-order valence-corrected chi connectivity index (χ4v) is 5.20. The molecule has 1 N–H and O–H groups in total. The van der Waals surface area contributed by atoms with E-state index in [1.54, 1.807) is 36.4 Å². The molecule has 0 radical (unpaired) electrons. The minimum atomic E-state index is -3.55. The van der Waals surface area contributed by atoms with Crippen LogP contribution in [0.25, 0.3) is 0 Å². The number of benzene rings is 2. The summed E-state index contributed by atoms with van der Waals surface area (Å²) in [5, 5.41) is 2.57. The molecule has 0 unspecified atom stereocenters. The van der Waals surface area contributed by atoms with E-state index < -0.39 is 27.7 Å². The molecule has 0 atom stereocenters. The zero-order valence-corrected chi connectivity index (χ0v) is 17.0. The molecule has 0 bridgehead atoms. The maximum atomic E-state index is 12.6. The quantitative estimate of drug-likeness (QED) is 0.669. The number of anilines is 1. The maximum absolute atomic E-state index is 12.6. The molecule has 2 heterocycles. The first-order chi connectivity index (χ1) is 14.4. The molecule has 2 aliphatic heterocycles. The Bertz CT molecular complexity index is 1090. The molecule has 2 aliphatic rings. The van der Waals surface area contributed by atoms with Gasteiger partial charge in [0.05, 0.1) is 22.6 Å². The number of rotatable bonds is 7. The lowest BCUT2D eigenvalue weighted by atomic mass is 10.1. The standard InChI is InChI=1S/C21H21N3O5S/c25-19(10-12-23-20(26)16-6-2-3-7-17(16)21(23)27)22-11-14-30(28,29)24-13-9-15-5-1-4-8-18(15)24/h1-8H,9-14H2,(H,22,25). The van der Waals surface area contributed by atoms with E-state index in [0.29, 0.717) is 29.8 Å². The first-order valence-corrected chi connectivity index (χ1v) is 11.3. The lowest BCUT2D eigenvalue weighted by Crippen LogP contribution is -2.38. The molecule has 0 aliphatic carbocycles. The molecule has 0 fully saturated rings. The van der Waals surface area contributed by atoms with Gasteiger partial charge in [0.25, 0.3) is 11.8 Å². The van der Waals surface area contributed by atoms with Crippen molar-refractivity contribution in [1.82, 2.24) is 10.2 Å². The number of nitrogens with zero attached hydrogens (tertiary/aromatic N) is 2. The third-order valence-corrected chi connectivity index (χ3v) is 7.07. The monoisotopic (exact) mass is 427 g/mol. The first-order valence-electron chi connectivity index (χ1n) is 9.69. The molecule has 9 heteroatoms.